The molecule has 1 aromatic heterocycles. The van der Waals surface area contributed by atoms with Gasteiger partial charge in [-0.25, -0.2) is 0 Å². The van der Waals surface area contributed by atoms with Crippen molar-refractivity contribution in [3.8, 4) is 0 Å². The second-order valence-electron chi connectivity index (χ2n) is 4.58. The van der Waals surface area contributed by atoms with Gasteiger partial charge in [-0.15, -0.1) is 0 Å². The molecule has 0 radical (unpaired) electrons. The summed E-state index contributed by atoms with van der Waals surface area (Å²) >= 11 is 0. The van der Waals surface area contributed by atoms with Crippen LogP contribution in [0.25, 0.3) is 10.8 Å². The second-order valence-corrected chi connectivity index (χ2v) is 4.58. The van der Waals surface area contributed by atoms with E-state index in [1.807, 2.05) is 30.3 Å². The number of nitrogens with two attached hydrogens (primary N) is 1. The summed E-state index contributed by atoms with van der Waals surface area (Å²) in [6.07, 6.45) is 1.81. The Hall–Kier alpha value is -1.81. The van der Waals surface area contributed by atoms with E-state index < -0.39 is 0 Å². The Bertz CT molecular complexity index is 605. The molecule has 0 spiro atoms. The molecule has 0 bridgehead atoms. The molecular formula is C15H20N2O2. The Morgan fingerprint density at radius 2 is 2.05 bits per heavy atom. The molecule has 1 heterocycles. The highest BCUT2D eigenvalue weighted by Gasteiger charge is 2.06. The summed E-state index contributed by atoms with van der Waals surface area (Å²) < 4.78 is 7.04. The van der Waals surface area contributed by atoms with Crippen LogP contribution in [0.15, 0.2) is 35.1 Å². The maximum Gasteiger partial charge on any atom is 0.259 e. The first-order valence-corrected chi connectivity index (χ1v) is 6.70. The number of aromatic nitrogens is 1. The van der Waals surface area contributed by atoms with Crippen LogP contribution in [0, 0.1) is 0 Å². The normalized spacial score (nSPS) is 11.0. The fraction of sp³-hybridized carbons (Fsp3) is 0.400. The number of pyridine rings is 1. The Morgan fingerprint density at radius 3 is 2.84 bits per heavy atom. The van der Waals surface area contributed by atoms with Crippen LogP contribution in [0.2, 0.25) is 0 Å². The molecule has 0 aliphatic rings. The summed E-state index contributed by atoms with van der Waals surface area (Å²) in [5.74, 6) is 0.513. The maximum atomic E-state index is 12.3. The molecular weight excluding hydrogens is 240 g/mol. The summed E-state index contributed by atoms with van der Waals surface area (Å²) in [4.78, 5) is 12.3. The first kappa shape index (κ1) is 13.6. The van der Waals surface area contributed by atoms with E-state index in [0.717, 1.165) is 24.8 Å². The van der Waals surface area contributed by atoms with Gasteiger partial charge in [0.05, 0.1) is 0 Å². The van der Waals surface area contributed by atoms with Gasteiger partial charge in [0, 0.05) is 25.1 Å². The van der Waals surface area contributed by atoms with E-state index >= 15 is 0 Å². The van der Waals surface area contributed by atoms with Crippen molar-refractivity contribution in [2.45, 2.75) is 26.3 Å². The topological polar surface area (TPSA) is 57.2 Å². The van der Waals surface area contributed by atoms with Crippen LogP contribution in [-0.4, -0.2) is 17.8 Å². The highest BCUT2D eigenvalue weighted by molar-refractivity contribution is 5.83. The predicted molar refractivity (Wildman–Crippen MR) is 78.3 cm³/mol. The molecule has 2 aromatic rings. The third kappa shape index (κ3) is 3.15. The summed E-state index contributed by atoms with van der Waals surface area (Å²) in [6, 6.07) is 9.37. The van der Waals surface area contributed by atoms with E-state index in [1.165, 1.54) is 0 Å². The van der Waals surface area contributed by atoms with Gasteiger partial charge in [0.1, 0.15) is 5.82 Å². The number of rotatable bonds is 6. The van der Waals surface area contributed by atoms with E-state index in [2.05, 4.69) is 6.92 Å². The lowest BCUT2D eigenvalue weighted by Gasteiger charge is -2.11. The van der Waals surface area contributed by atoms with E-state index in [1.54, 1.807) is 4.57 Å². The van der Waals surface area contributed by atoms with Crippen molar-refractivity contribution in [2.75, 3.05) is 18.9 Å². The summed E-state index contributed by atoms with van der Waals surface area (Å²) in [5, 5.41) is 1.61. The number of hydrogen-bond acceptors (Lipinski definition) is 3. The van der Waals surface area contributed by atoms with Crippen LogP contribution in [0.1, 0.15) is 19.8 Å². The number of ether oxygens (including phenoxy) is 1. The molecule has 19 heavy (non-hydrogen) atoms. The Balaban J connectivity index is 2.16. The number of anilines is 1. The average Bonchev–Trinajstić information content (AvgIpc) is 2.42. The Labute approximate surface area is 112 Å². The van der Waals surface area contributed by atoms with Gasteiger partial charge in [0.25, 0.3) is 5.56 Å². The van der Waals surface area contributed by atoms with Gasteiger partial charge in [0.2, 0.25) is 0 Å². The first-order valence-electron chi connectivity index (χ1n) is 6.70. The molecule has 4 nitrogen and oxygen atoms in total. The van der Waals surface area contributed by atoms with Crippen molar-refractivity contribution >= 4 is 16.6 Å². The molecule has 0 aliphatic heterocycles. The highest BCUT2D eigenvalue weighted by atomic mass is 16.5. The predicted octanol–water partition coefficient (Wildman–Crippen LogP) is 2.40. The van der Waals surface area contributed by atoms with Crippen LogP contribution in [-0.2, 0) is 11.3 Å². The molecule has 102 valence electrons. The number of hydrogen-bond donors (Lipinski definition) is 1. The van der Waals surface area contributed by atoms with Crippen molar-refractivity contribution in [1.82, 2.24) is 4.57 Å². The van der Waals surface area contributed by atoms with Gasteiger partial charge in [-0.2, -0.15) is 0 Å². The SMILES string of the molecule is CCCOCCCn1c(N)cc2ccccc2c1=O. The lowest BCUT2D eigenvalue weighted by atomic mass is 10.1. The standard InChI is InChI=1S/C15H20N2O2/c1-2-9-19-10-5-8-17-14(16)11-12-6-3-4-7-13(12)15(17)18/h3-4,6-7,11H,2,5,8-10,16H2,1H3. The minimum absolute atomic E-state index is 0.0221. The largest absolute Gasteiger partial charge is 0.385 e. The van der Waals surface area contributed by atoms with Crippen molar-refractivity contribution in [3.05, 3.63) is 40.7 Å². The molecule has 2 rings (SSSR count). The number of nitrogens with zero attached hydrogens (tertiary/aromatic N) is 1. The molecule has 0 aliphatic carbocycles. The quantitative estimate of drug-likeness (QED) is 0.811. The molecule has 0 atom stereocenters. The van der Waals surface area contributed by atoms with E-state index in [4.69, 9.17) is 10.5 Å². The molecule has 4 heteroatoms. The van der Waals surface area contributed by atoms with Crippen LogP contribution < -0.4 is 11.3 Å². The van der Waals surface area contributed by atoms with Crippen molar-refractivity contribution in [2.24, 2.45) is 0 Å². The van der Waals surface area contributed by atoms with Crippen LogP contribution in [0.4, 0.5) is 5.82 Å². The summed E-state index contributed by atoms with van der Waals surface area (Å²) in [6.45, 7) is 4.10. The number of nitrogen functional groups attached to an aromatic ring is 1. The van der Waals surface area contributed by atoms with Gasteiger partial charge in [-0.05, 0) is 30.4 Å². The highest BCUT2D eigenvalue weighted by Crippen LogP contribution is 2.13. The smallest absolute Gasteiger partial charge is 0.259 e. The zero-order valence-electron chi connectivity index (χ0n) is 11.3. The van der Waals surface area contributed by atoms with Crippen molar-refractivity contribution < 1.29 is 4.74 Å². The van der Waals surface area contributed by atoms with Crippen LogP contribution in [0.5, 0.6) is 0 Å². The van der Waals surface area contributed by atoms with Gasteiger partial charge < -0.3 is 10.5 Å². The first-order chi connectivity index (χ1) is 9.24. The van der Waals surface area contributed by atoms with Crippen molar-refractivity contribution in [3.63, 3.8) is 0 Å². The summed E-state index contributed by atoms with van der Waals surface area (Å²) in [5.41, 5.74) is 5.93. The fourth-order valence-electron chi connectivity index (χ4n) is 2.12. The second kappa shape index (κ2) is 6.38. The maximum absolute atomic E-state index is 12.3. The number of fused-ring (bicyclic) bond motifs is 1. The van der Waals surface area contributed by atoms with Gasteiger partial charge >= 0.3 is 0 Å². The van der Waals surface area contributed by atoms with Crippen molar-refractivity contribution in [1.29, 1.82) is 0 Å². The average molecular weight is 260 g/mol. The van der Waals surface area contributed by atoms with Gasteiger partial charge in [-0.3, -0.25) is 9.36 Å². The summed E-state index contributed by atoms with van der Waals surface area (Å²) in [7, 11) is 0. The van der Waals surface area contributed by atoms with E-state index in [0.29, 0.717) is 24.4 Å². The molecule has 0 saturated heterocycles. The zero-order chi connectivity index (χ0) is 13.7. The molecule has 0 amide bonds. The molecule has 2 N–H and O–H groups in total. The third-order valence-electron chi connectivity index (χ3n) is 3.07. The molecule has 0 unspecified atom stereocenters. The molecule has 0 fully saturated rings. The lowest BCUT2D eigenvalue weighted by Crippen LogP contribution is -2.23. The molecule has 1 aromatic carbocycles. The minimum atomic E-state index is -0.0221. The van der Waals surface area contributed by atoms with Gasteiger partial charge in [0.15, 0.2) is 0 Å². The Kier molecular flexibility index (Phi) is 4.58. The van der Waals surface area contributed by atoms with Crippen LogP contribution >= 0.6 is 0 Å². The van der Waals surface area contributed by atoms with Crippen LogP contribution in [0.3, 0.4) is 0 Å². The van der Waals surface area contributed by atoms with E-state index in [-0.39, 0.29) is 5.56 Å². The Morgan fingerprint density at radius 1 is 1.26 bits per heavy atom. The van der Waals surface area contributed by atoms with Gasteiger partial charge in [-0.1, -0.05) is 25.1 Å². The fourth-order valence-corrected chi connectivity index (χ4v) is 2.12. The number of benzene rings is 1. The minimum Gasteiger partial charge on any atom is -0.385 e. The lowest BCUT2D eigenvalue weighted by molar-refractivity contribution is 0.129. The zero-order valence-corrected chi connectivity index (χ0v) is 11.3. The monoisotopic (exact) mass is 260 g/mol. The molecule has 0 saturated carbocycles. The van der Waals surface area contributed by atoms with E-state index in [9.17, 15) is 4.79 Å². The third-order valence-corrected chi connectivity index (χ3v) is 3.07.